The van der Waals surface area contributed by atoms with Crippen LogP contribution in [0.3, 0.4) is 0 Å². The molecule has 0 saturated heterocycles. The molecule has 0 fully saturated rings. The van der Waals surface area contributed by atoms with Crippen molar-refractivity contribution >= 4 is 22.9 Å². The Bertz CT molecular complexity index is 804. The van der Waals surface area contributed by atoms with Gasteiger partial charge in [0.1, 0.15) is 12.6 Å². The number of rotatable bonds is 6. The summed E-state index contributed by atoms with van der Waals surface area (Å²) in [5.41, 5.74) is 1.23. The van der Waals surface area contributed by atoms with E-state index in [0.29, 0.717) is 12.1 Å². The van der Waals surface area contributed by atoms with Crippen LogP contribution in [0.2, 0.25) is 0 Å². The predicted molar refractivity (Wildman–Crippen MR) is 90.7 cm³/mol. The zero-order chi connectivity index (χ0) is 17.9. The van der Waals surface area contributed by atoms with Crippen LogP contribution in [0.5, 0.6) is 0 Å². The number of nitrogens with one attached hydrogen (secondary N) is 1. The molecule has 1 aromatic carbocycles. The number of nitrogens with zero attached hydrogens (tertiary/aromatic N) is 2. The minimum Gasteiger partial charge on any atom is -0.467 e. The van der Waals surface area contributed by atoms with Gasteiger partial charge in [-0.15, -0.1) is 0 Å². The van der Waals surface area contributed by atoms with Gasteiger partial charge in [0.2, 0.25) is 5.91 Å². The van der Waals surface area contributed by atoms with E-state index in [4.69, 9.17) is 4.74 Å². The van der Waals surface area contributed by atoms with Crippen LogP contribution in [-0.4, -0.2) is 34.2 Å². The Morgan fingerprint density at radius 2 is 1.75 bits per heavy atom. The van der Waals surface area contributed by atoms with Crippen molar-refractivity contribution in [1.29, 1.82) is 0 Å². The molecule has 0 aliphatic rings. The van der Waals surface area contributed by atoms with Gasteiger partial charge in [0.25, 0.3) is 0 Å². The van der Waals surface area contributed by atoms with Crippen LogP contribution in [0.15, 0.2) is 29.1 Å². The Kier molecular flexibility index (Phi) is 5.43. The van der Waals surface area contributed by atoms with Crippen molar-refractivity contribution in [3.63, 3.8) is 0 Å². The molecule has 0 aliphatic carbocycles. The zero-order valence-corrected chi connectivity index (χ0v) is 14.4. The molecule has 7 heteroatoms. The summed E-state index contributed by atoms with van der Waals surface area (Å²) < 4.78 is 7.75. The van der Waals surface area contributed by atoms with Crippen molar-refractivity contribution in [2.45, 2.75) is 39.9 Å². The molecule has 0 unspecified atom stereocenters. The number of para-hydroxylation sites is 2. The number of fused-ring (bicyclic) bond motifs is 1. The van der Waals surface area contributed by atoms with Gasteiger partial charge in [-0.05, 0) is 25.0 Å². The molecule has 1 heterocycles. The highest BCUT2D eigenvalue weighted by atomic mass is 16.5. The molecule has 0 radical (unpaired) electrons. The first-order valence-corrected chi connectivity index (χ1v) is 7.96. The molecular weight excluding hydrogens is 310 g/mol. The van der Waals surface area contributed by atoms with Gasteiger partial charge in [0.05, 0.1) is 18.1 Å². The van der Waals surface area contributed by atoms with Crippen LogP contribution in [0.4, 0.5) is 0 Å². The number of aromatic nitrogens is 2. The van der Waals surface area contributed by atoms with Gasteiger partial charge < -0.3 is 10.1 Å². The highest BCUT2D eigenvalue weighted by molar-refractivity contribution is 5.85. The Balaban J connectivity index is 2.30. The molecule has 0 spiro atoms. The molecular formula is C17H23N3O4. The average Bonchev–Trinajstić information content (AvgIpc) is 2.83. The average molecular weight is 333 g/mol. The van der Waals surface area contributed by atoms with E-state index in [2.05, 4.69) is 5.32 Å². The second-order valence-electron chi connectivity index (χ2n) is 5.91. The van der Waals surface area contributed by atoms with Crippen LogP contribution in [0, 0.1) is 5.92 Å². The van der Waals surface area contributed by atoms with Crippen molar-refractivity contribution in [1.82, 2.24) is 14.5 Å². The first-order valence-electron chi connectivity index (χ1n) is 7.96. The predicted octanol–water partition coefficient (Wildman–Crippen LogP) is 1.14. The third-order valence-corrected chi connectivity index (χ3v) is 3.98. The lowest BCUT2D eigenvalue weighted by Crippen LogP contribution is -2.46. The number of imidazole rings is 1. The number of carbonyl (C=O) groups excluding carboxylic acids is 2. The molecule has 1 N–H and O–H groups in total. The maximum Gasteiger partial charge on any atom is 0.329 e. The van der Waals surface area contributed by atoms with Gasteiger partial charge in [0, 0.05) is 6.54 Å². The molecule has 1 atom stereocenters. The number of ether oxygens (including phenoxy) is 1. The Labute approximate surface area is 140 Å². The molecule has 24 heavy (non-hydrogen) atoms. The van der Waals surface area contributed by atoms with E-state index in [1.165, 1.54) is 11.7 Å². The summed E-state index contributed by atoms with van der Waals surface area (Å²) >= 11 is 0. The fourth-order valence-electron chi connectivity index (χ4n) is 2.72. The summed E-state index contributed by atoms with van der Waals surface area (Å²) in [5.74, 6) is -1.02. The Morgan fingerprint density at radius 1 is 1.17 bits per heavy atom. The normalized spacial score (nSPS) is 12.4. The van der Waals surface area contributed by atoms with E-state index in [-0.39, 0.29) is 18.2 Å². The van der Waals surface area contributed by atoms with Crippen molar-refractivity contribution < 1.29 is 14.3 Å². The van der Waals surface area contributed by atoms with Gasteiger partial charge in [-0.1, -0.05) is 26.0 Å². The summed E-state index contributed by atoms with van der Waals surface area (Å²) in [6.45, 7) is 5.88. The van der Waals surface area contributed by atoms with Crippen LogP contribution in [0.1, 0.15) is 20.8 Å². The van der Waals surface area contributed by atoms with E-state index in [0.717, 1.165) is 5.52 Å². The number of amides is 1. The minimum absolute atomic E-state index is 0.116. The Morgan fingerprint density at radius 3 is 2.25 bits per heavy atom. The van der Waals surface area contributed by atoms with Crippen LogP contribution in [-0.2, 0) is 27.4 Å². The largest absolute Gasteiger partial charge is 0.467 e. The molecule has 0 saturated carbocycles. The van der Waals surface area contributed by atoms with E-state index < -0.39 is 17.9 Å². The van der Waals surface area contributed by atoms with Crippen LogP contribution >= 0.6 is 0 Å². The zero-order valence-electron chi connectivity index (χ0n) is 14.4. The third kappa shape index (κ3) is 3.34. The molecule has 130 valence electrons. The van der Waals surface area contributed by atoms with Gasteiger partial charge in [-0.2, -0.15) is 0 Å². The highest BCUT2D eigenvalue weighted by Crippen LogP contribution is 2.12. The van der Waals surface area contributed by atoms with E-state index in [1.54, 1.807) is 10.6 Å². The molecule has 1 aromatic heterocycles. The van der Waals surface area contributed by atoms with E-state index >= 15 is 0 Å². The molecule has 2 rings (SSSR count). The number of hydrogen-bond acceptors (Lipinski definition) is 4. The molecule has 2 aromatic rings. The summed E-state index contributed by atoms with van der Waals surface area (Å²) in [6.07, 6.45) is 0. The lowest BCUT2D eigenvalue weighted by atomic mass is 10.0. The first-order chi connectivity index (χ1) is 11.4. The summed E-state index contributed by atoms with van der Waals surface area (Å²) in [4.78, 5) is 36.6. The second-order valence-corrected chi connectivity index (χ2v) is 5.91. The maximum atomic E-state index is 12.5. The van der Waals surface area contributed by atoms with Gasteiger partial charge >= 0.3 is 11.7 Å². The van der Waals surface area contributed by atoms with Crippen molar-refractivity contribution in [2.75, 3.05) is 7.11 Å². The number of methoxy groups -OCH3 is 1. The fourth-order valence-corrected chi connectivity index (χ4v) is 2.72. The number of hydrogen-bond donors (Lipinski definition) is 1. The molecule has 0 bridgehead atoms. The monoisotopic (exact) mass is 333 g/mol. The van der Waals surface area contributed by atoms with Crippen molar-refractivity contribution in [3.8, 4) is 0 Å². The first kappa shape index (κ1) is 17.8. The molecule has 1 amide bonds. The van der Waals surface area contributed by atoms with Crippen molar-refractivity contribution in [2.24, 2.45) is 5.92 Å². The minimum atomic E-state index is -0.738. The second kappa shape index (κ2) is 7.33. The maximum absolute atomic E-state index is 12.5. The molecule has 0 aliphatic heterocycles. The highest BCUT2D eigenvalue weighted by Gasteiger charge is 2.25. The topological polar surface area (TPSA) is 82.3 Å². The lowest BCUT2D eigenvalue weighted by molar-refractivity contribution is -0.146. The number of esters is 1. The lowest BCUT2D eigenvalue weighted by Gasteiger charge is -2.19. The molecule has 7 nitrogen and oxygen atoms in total. The third-order valence-electron chi connectivity index (χ3n) is 3.98. The van der Waals surface area contributed by atoms with Gasteiger partial charge in [0.15, 0.2) is 0 Å². The van der Waals surface area contributed by atoms with E-state index in [1.807, 2.05) is 39.0 Å². The van der Waals surface area contributed by atoms with Gasteiger partial charge in [-0.3, -0.25) is 13.9 Å². The number of carbonyl (C=O) groups is 2. The smallest absolute Gasteiger partial charge is 0.329 e. The summed E-state index contributed by atoms with van der Waals surface area (Å²) in [7, 11) is 1.28. The van der Waals surface area contributed by atoms with Crippen LogP contribution in [0.25, 0.3) is 11.0 Å². The van der Waals surface area contributed by atoms with E-state index in [9.17, 15) is 14.4 Å². The fraction of sp³-hybridized carbons (Fsp3) is 0.471. The number of aryl methyl sites for hydroxylation is 1. The SMILES string of the molecule is CCn1c(=O)n(CC(=O)N[C@H](C(=O)OC)C(C)C)c2ccccc21. The Hall–Kier alpha value is -2.57. The summed E-state index contributed by atoms with van der Waals surface area (Å²) in [6, 6.07) is 6.58. The van der Waals surface area contributed by atoms with Crippen molar-refractivity contribution in [3.05, 3.63) is 34.7 Å². The quantitative estimate of drug-likeness (QED) is 0.804. The summed E-state index contributed by atoms with van der Waals surface area (Å²) in [5, 5.41) is 2.65. The number of benzene rings is 1. The standard InChI is InChI=1S/C17H23N3O4/c1-5-19-12-8-6-7-9-13(12)20(17(19)23)10-14(21)18-15(11(2)3)16(22)24-4/h6-9,11,15H,5,10H2,1-4H3,(H,18,21)/t15-/m0/s1. The van der Waals surface area contributed by atoms with Crippen LogP contribution < -0.4 is 11.0 Å². The van der Waals surface area contributed by atoms with Gasteiger partial charge in [-0.25, -0.2) is 9.59 Å².